The fourth-order valence-electron chi connectivity index (χ4n) is 2.93. The molecule has 1 N–H and O–H groups in total. The molecule has 2 fully saturated rings. The predicted molar refractivity (Wildman–Crippen MR) is 77.9 cm³/mol. The van der Waals surface area contributed by atoms with Crippen LogP contribution in [0.2, 0.25) is 0 Å². The third-order valence-corrected chi connectivity index (χ3v) is 4.29. The molecule has 2 heterocycles. The average Bonchev–Trinajstić information content (AvgIpc) is 2.38. The van der Waals surface area contributed by atoms with E-state index in [4.69, 9.17) is 17.0 Å². The number of piperidine rings is 1. The summed E-state index contributed by atoms with van der Waals surface area (Å²) >= 11 is 5.50. The Morgan fingerprint density at radius 3 is 3.00 bits per heavy atom. The van der Waals surface area contributed by atoms with E-state index in [1.165, 1.54) is 25.8 Å². The Morgan fingerprint density at radius 1 is 1.39 bits per heavy atom. The predicted octanol–water partition coefficient (Wildman–Crippen LogP) is 1.07. The molecule has 0 saturated carbocycles. The molecule has 2 aliphatic heterocycles. The maximum absolute atomic E-state index is 5.50. The molecule has 0 spiro atoms. The summed E-state index contributed by atoms with van der Waals surface area (Å²) in [6.07, 6.45) is 4.06. The molecule has 0 aromatic rings. The van der Waals surface area contributed by atoms with Crippen LogP contribution in [0.5, 0.6) is 0 Å². The maximum Gasteiger partial charge on any atom is 0.169 e. The fourth-order valence-corrected chi connectivity index (χ4v) is 3.30. The molecule has 18 heavy (non-hydrogen) atoms. The lowest BCUT2D eigenvalue weighted by Gasteiger charge is -2.45. The quantitative estimate of drug-likeness (QED) is 0.775. The van der Waals surface area contributed by atoms with E-state index in [1.807, 2.05) is 0 Å². The van der Waals surface area contributed by atoms with E-state index in [-0.39, 0.29) is 6.04 Å². The highest BCUT2D eigenvalue weighted by Crippen LogP contribution is 2.21. The number of piperazine rings is 1. The van der Waals surface area contributed by atoms with Gasteiger partial charge in [0.15, 0.2) is 5.11 Å². The number of nitrogens with zero attached hydrogens (tertiary/aromatic N) is 2. The van der Waals surface area contributed by atoms with E-state index in [2.05, 4.69) is 22.0 Å². The lowest BCUT2D eigenvalue weighted by atomic mass is 10.00. The molecule has 0 radical (unpaired) electrons. The van der Waals surface area contributed by atoms with Gasteiger partial charge in [-0.2, -0.15) is 0 Å². The van der Waals surface area contributed by atoms with Crippen LogP contribution in [0.1, 0.15) is 26.2 Å². The summed E-state index contributed by atoms with van der Waals surface area (Å²) in [6.45, 7) is 7.38. The topological polar surface area (TPSA) is 27.7 Å². The molecule has 104 valence electrons. The van der Waals surface area contributed by atoms with Crippen molar-refractivity contribution in [2.45, 2.75) is 38.3 Å². The smallest absolute Gasteiger partial charge is 0.169 e. The number of hydrogen-bond donors (Lipinski definition) is 1. The minimum atomic E-state index is 0.284. The van der Waals surface area contributed by atoms with Gasteiger partial charge in [-0.05, 0) is 38.5 Å². The first-order chi connectivity index (χ1) is 8.70. The van der Waals surface area contributed by atoms with Crippen LogP contribution in [0.3, 0.4) is 0 Å². The summed E-state index contributed by atoms with van der Waals surface area (Å²) in [5.41, 5.74) is 0. The first kappa shape index (κ1) is 14.0. The Bertz CT molecular complexity index is 287. The number of nitrogens with one attached hydrogen (secondary N) is 1. The van der Waals surface area contributed by atoms with Gasteiger partial charge in [0, 0.05) is 38.8 Å². The van der Waals surface area contributed by atoms with Crippen molar-refractivity contribution in [3.05, 3.63) is 0 Å². The van der Waals surface area contributed by atoms with E-state index in [0.717, 1.165) is 24.7 Å². The highest BCUT2D eigenvalue weighted by Gasteiger charge is 2.29. The molecular weight excluding hydrogens is 246 g/mol. The van der Waals surface area contributed by atoms with Crippen molar-refractivity contribution in [2.75, 3.05) is 39.9 Å². The molecule has 0 aromatic heterocycles. The van der Waals surface area contributed by atoms with Gasteiger partial charge in [-0.1, -0.05) is 6.42 Å². The molecule has 0 amide bonds. The highest BCUT2D eigenvalue weighted by atomic mass is 32.1. The summed E-state index contributed by atoms with van der Waals surface area (Å²) in [5.74, 6) is 0. The zero-order chi connectivity index (χ0) is 13.0. The number of thiocarbonyl (C=S) groups is 1. The van der Waals surface area contributed by atoms with Gasteiger partial charge in [0.2, 0.25) is 0 Å². The van der Waals surface area contributed by atoms with Gasteiger partial charge in [-0.25, -0.2) is 0 Å². The highest BCUT2D eigenvalue weighted by molar-refractivity contribution is 7.80. The van der Waals surface area contributed by atoms with E-state index < -0.39 is 0 Å². The van der Waals surface area contributed by atoms with Gasteiger partial charge in [0.25, 0.3) is 0 Å². The SMILES string of the molecule is COCC(C)NC(=S)N1CCN2CCCCC2C1. The monoisotopic (exact) mass is 271 g/mol. The summed E-state index contributed by atoms with van der Waals surface area (Å²) in [7, 11) is 1.72. The van der Waals surface area contributed by atoms with Crippen LogP contribution >= 0.6 is 12.2 Å². The summed E-state index contributed by atoms with van der Waals surface area (Å²) < 4.78 is 5.13. The van der Waals surface area contributed by atoms with Crippen LogP contribution in [-0.2, 0) is 4.74 Å². The number of methoxy groups -OCH3 is 1. The van der Waals surface area contributed by atoms with E-state index in [0.29, 0.717) is 12.6 Å². The number of ether oxygens (including phenoxy) is 1. The summed E-state index contributed by atoms with van der Waals surface area (Å²) in [6, 6.07) is 0.997. The van der Waals surface area contributed by atoms with Gasteiger partial charge < -0.3 is 15.0 Å². The Labute approximate surface area is 116 Å². The minimum absolute atomic E-state index is 0.284. The van der Waals surface area contributed by atoms with Gasteiger partial charge >= 0.3 is 0 Å². The van der Waals surface area contributed by atoms with Crippen LogP contribution in [0.4, 0.5) is 0 Å². The molecule has 4 nitrogen and oxygen atoms in total. The second-order valence-corrected chi connectivity index (χ2v) is 5.82. The van der Waals surface area contributed by atoms with Crippen molar-refractivity contribution >= 4 is 17.3 Å². The first-order valence-corrected chi connectivity index (χ1v) is 7.40. The Balaban J connectivity index is 1.81. The zero-order valence-electron chi connectivity index (χ0n) is 11.5. The fraction of sp³-hybridized carbons (Fsp3) is 0.923. The Morgan fingerprint density at radius 2 is 2.22 bits per heavy atom. The minimum Gasteiger partial charge on any atom is -0.383 e. The third-order valence-electron chi connectivity index (χ3n) is 3.91. The van der Waals surface area contributed by atoms with Gasteiger partial charge in [0.1, 0.15) is 0 Å². The molecule has 0 aliphatic carbocycles. The van der Waals surface area contributed by atoms with Crippen LogP contribution in [-0.4, -0.2) is 66.9 Å². The van der Waals surface area contributed by atoms with Gasteiger partial charge in [0.05, 0.1) is 6.61 Å². The van der Waals surface area contributed by atoms with Gasteiger partial charge in [-0.15, -0.1) is 0 Å². The van der Waals surface area contributed by atoms with E-state index in [9.17, 15) is 0 Å². The van der Waals surface area contributed by atoms with Crippen molar-refractivity contribution in [1.29, 1.82) is 0 Å². The molecular formula is C13H25N3OS. The molecule has 2 rings (SSSR count). The average molecular weight is 271 g/mol. The molecule has 2 saturated heterocycles. The van der Waals surface area contributed by atoms with Crippen molar-refractivity contribution in [3.63, 3.8) is 0 Å². The summed E-state index contributed by atoms with van der Waals surface area (Å²) in [5, 5.41) is 4.25. The lowest BCUT2D eigenvalue weighted by molar-refractivity contribution is 0.0790. The Hall–Kier alpha value is -0.390. The number of rotatable bonds is 3. The lowest BCUT2D eigenvalue weighted by Crippen LogP contribution is -2.58. The first-order valence-electron chi connectivity index (χ1n) is 6.99. The van der Waals surface area contributed by atoms with Crippen molar-refractivity contribution in [3.8, 4) is 0 Å². The van der Waals surface area contributed by atoms with Crippen molar-refractivity contribution in [2.24, 2.45) is 0 Å². The second kappa shape index (κ2) is 6.68. The molecule has 0 aromatic carbocycles. The zero-order valence-corrected chi connectivity index (χ0v) is 12.3. The Kier molecular flexibility index (Phi) is 5.21. The second-order valence-electron chi connectivity index (χ2n) is 5.44. The van der Waals surface area contributed by atoms with Crippen LogP contribution < -0.4 is 5.32 Å². The molecule has 0 bridgehead atoms. The standard InChI is InChI=1S/C13H25N3OS/c1-11(10-17-2)14-13(18)16-8-7-15-6-4-3-5-12(15)9-16/h11-12H,3-10H2,1-2H3,(H,14,18). The molecule has 2 aliphatic rings. The molecule has 2 atom stereocenters. The molecule has 5 heteroatoms. The normalized spacial score (nSPS) is 26.6. The van der Waals surface area contributed by atoms with Crippen LogP contribution in [0, 0.1) is 0 Å². The van der Waals surface area contributed by atoms with E-state index in [1.54, 1.807) is 7.11 Å². The van der Waals surface area contributed by atoms with Crippen molar-refractivity contribution in [1.82, 2.24) is 15.1 Å². The maximum atomic E-state index is 5.50. The number of fused-ring (bicyclic) bond motifs is 1. The third kappa shape index (κ3) is 3.56. The van der Waals surface area contributed by atoms with Gasteiger partial charge in [-0.3, -0.25) is 4.90 Å². The van der Waals surface area contributed by atoms with Crippen molar-refractivity contribution < 1.29 is 4.74 Å². The molecule has 2 unspecified atom stereocenters. The van der Waals surface area contributed by atoms with E-state index >= 15 is 0 Å². The number of hydrogen-bond acceptors (Lipinski definition) is 3. The van der Waals surface area contributed by atoms with Crippen LogP contribution in [0.15, 0.2) is 0 Å². The summed E-state index contributed by atoms with van der Waals surface area (Å²) in [4.78, 5) is 4.95. The van der Waals surface area contributed by atoms with Crippen LogP contribution in [0.25, 0.3) is 0 Å². The largest absolute Gasteiger partial charge is 0.383 e.